The highest BCUT2D eigenvalue weighted by atomic mass is 16.1. The van der Waals surface area contributed by atoms with Gasteiger partial charge < -0.3 is 0 Å². The Hall–Kier alpha value is -1.18. The molecule has 0 aromatic heterocycles. The second-order valence-corrected chi connectivity index (χ2v) is 4.77. The molecule has 0 fully saturated rings. The number of Topliss-reactive ketones (excluding diaryl/α,β-unsaturated/α-hetero) is 2. The van der Waals surface area contributed by atoms with Gasteiger partial charge in [-0.2, -0.15) is 0 Å². The van der Waals surface area contributed by atoms with Gasteiger partial charge in [0.25, 0.3) is 0 Å². The number of ketones is 2. The van der Waals surface area contributed by atoms with E-state index < -0.39 is 0 Å². The Morgan fingerprint density at radius 1 is 1.00 bits per heavy atom. The number of hydrogen-bond acceptors (Lipinski definition) is 2. The summed E-state index contributed by atoms with van der Waals surface area (Å²) in [7, 11) is 0. The van der Waals surface area contributed by atoms with E-state index in [2.05, 4.69) is 0 Å². The van der Waals surface area contributed by atoms with E-state index in [1.807, 2.05) is 26.0 Å². The van der Waals surface area contributed by atoms with Crippen molar-refractivity contribution in [1.29, 1.82) is 0 Å². The minimum absolute atomic E-state index is 0.112. The van der Waals surface area contributed by atoms with E-state index >= 15 is 0 Å². The van der Waals surface area contributed by atoms with Crippen LogP contribution < -0.4 is 0 Å². The molecule has 1 aliphatic carbocycles. The van der Waals surface area contributed by atoms with Gasteiger partial charge in [-0.05, 0) is 37.8 Å². The molecule has 0 atom stereocenters. The summed E-state index contributed by atoms with van der Waals surface area (Å²) in [6.45, 7) is 7.20. The highest BCUT2D eigenvalue weighted by molar-refractivity contribution is 5.96. The van der Waals surface area contributed by atoms with Gasteiger partial charge >= 0.3 is 0 Å². The minimum Gasteiger partial charge on any atom is -0.295 e. The summed E-state index contributed by atoms with van der Waals surface area (Å²) in [4.78, 5) is 22.7. The first-order valence-electron chi connectivity index (χ1n) is 5.27. The Bertz CT molecular complexity index is 323. The molecule has 2 nitrogen and oxygen atoms in total. The van der Waals surface area contributed by atoms with Crippen LogP contribution in [0.5, 0.6) is 0 Å². The van der Waals surface area contributed by atoms with Crippen molar-refractivity contribution in [2.75, 3.05) is 0 Å². The standard InChI is InChI=1S/C13H18O2/c1-9(14)11-5-6-12(10(2)15)8-13(3,4)7-11/h7-8H,5-6H2,1-4H3. The van der Waals surface area contributed by atoms with Crippen LogP contribution >= 0.6 is 0 Å². The van der Waals surface area contributed by atoms with E-state index in [0.717, 1.165) is 11.1 Å². The predicted molar refractivity (Wildman–Crippen MR) is 60.5 cm³/mol. The Morgan fingerprint density at radius 3 is 1.60 bits per heavy atom. The summed E-state index contributed by atoms with van der Waals surface area (Å²) in [6, 6.07) is 0. The fraction of sp³-hybridized carbons (Fsp3) is 0.538. The molecule has 0 N–H and O–H groups in total. The lowest BCUT2D eigenvalue weighted by Crippen LogP contribution is -2.07. The maximum atomic E-state index is 11.3. The van der Waals surface area contributed by atoms with Gasteiger partial charge in [0.1, 0.15) is 0 Å². The first-order chi connectivity index (χ1) is 6.82. The third kappa shape index (κ3) is 3.15. The van der Waals surface area contributed by atoms with E-state index in [9.17, 15) is 9.59 Å². The zero-order valence-electron chi connectivity index (χ0n) is 9.89. The van der Waals surface area contributed by atoms with Gasteiger partial charge in [-0.15, -0.1) is 0 Å². The Kier molecular flexibility index (Phi) is 3.28. The summed E-state index contributed by atoms with van der Waals surface area (Å²) in [6.07, 6.45) is 5.32. The average molecular weight is 206 g/mol. The first kappa shape index (κ1) is 11.9. The molecule has 82 valence electrons. The molecule has 0 saturated heterocycles. The van der Waals surface area contributed by atoms with Crippen LogP contribution in [0.3, 0.4) is 0 Å². The predicted octanol–water partition coefficient (Wildman–Crippen LogP) is 2.84. The summed E-state index contributed by atoms with van der Waals surface area (Å²) < 4.78 is 0. The van der Waals surface area contributed by atoms with Gasteiger partial charge in [0, 0.05) is 5.41 Å². The van der Waals surface area contributed by atoms with Crippen molar-refractivity contribution >= 4 is 11.6 Å². The van der Waals surface area contributed by atoms with Crippen molar-refractivity contribution in [2.45, 2.75) is 40.5 Å². The number of hydrogen-bond donors (Lipinski definition) is 0. The fourth-order valence-electron chi connectivity index (χ4n) is 1.91. The van der Waals surface area contributed by atoms with Crippen molar-refractivity contribution in [3.63, 3.8) is 0 Å². The minimum atomic E-state index is -0.196. The molecule has 0 aromatic carbocycles. The van der Waals surface area contributed by atoms with Gasteiger partial charge in [0.2, 0.25) is 0 Å². The fourth-order valence-corrected chi connectivity index (χ4v) is 1.91. The Balaban J connectivity index is 3.04. The molecule has 1 rings (SSSR count). The molecule has 15 heavy (non-hydrogen) atoms. The lowest BCUT2D eigenvalue weighted by atomic mass is 9.89. The average Bonchev–Trinajstić information content (AvgIpc) is 2.23. The summed E-state index contributed by atoms with van der Waals surface area (Å²) in [5.41, 5.74) is 1.48. The Labute approximate surface area is 91.1 Å². The molecule has 0 aliphatic heterocycles. The smallest absolute Gasteiger partial charge is 0.155 e. The van der Waals surface area contributed by atoms with Gasteiger partial charge in [-0.1, -0.05) is 26.0 Å². The molecule has 0 heterocycles. The monoisotopic (exact) mass is 206 g/mol. The zero-order chi connectivity index (χ0) is 11.6. The Morgan fingerprint density at radius 2 is 1.33 bits per heavy atom. The molecule has 1 aliphatic rings. The van der Waals surface area contributed by atoms with Crippen molar-refractivity contribution in [1.82, 2.24) is 0 Å². The SMILES string of the molecule is CC(=O)C1=CC(C)(C)C=C(C(C)=O)CC1. The van der Waals surface area contributed by atoms with E-state index in [-0.39, 0.29) is 17.0 Å². The first-order valence-corrected chi connectivity index (χ1v) is 5.27. The van der Waals surface area contributed by atoms with Crippen LogP contribution in [0.1, 0.15) is 40.5 Å². The number of rotatable bonds is 2. The molecule has 0 amide bonds. The van der Waals surface area contributed by atoms with Crippen LogP contribution in [0.25, 0.3) is 0 Å². The number of carbonyl (C=O) groups is 2. The molecular formula is C13H18O2. The second-order valence-electron chi connectivity index (χ2n) is 4.77. The molecule has 0 saturated carbocycles. The molecule has 2 heteroatoms. The van der Waals surface area contributed by atoms with Crippen molar-refractivity contribution in [3.8, 4) is 0 Å². The highest BCUT2D eigenvalue weighted by Gasteiger charge is 2.21. The van der Waals surface area contributed by atoms with E-state index in [1.165, 1.54) is 0 Å². The van der Waals surface area contributed by atoms with Crippen molar-refractivity contribution in [2.24, 2.45) is 5.41 Å². The van der Waals surface area contributed by atoms with Crippen LogP contribution in [0.4, 0.5) is 0 Å². The molecule has 0 radical (unpaired) electrons. The van der Waals surface area contributed by atoms with Crippen molar-refractivity contribution in [3.05, 3.63) is 23.3 Å². The largest absolute Gasteiger partial charge is 0.295 e. The highest BCUT2D eigenvalue weighted by Crippen LogP contribution is 2.30. The van der Waals surface area contributed by atoms with Gasteiger partial charge in [0.05, 0.1) is 0 Å². The molecule has 0 aromatic rings. The maximum Gasteiger partial charge on any atom is 0.155 e. The summed E-state index contributed by atoms with van der Waals surface area (Å²) in [5, 5.41) is 0. The van der Waals surface area contributed by atoms with E-state index in [1.54, 1.807) is 13.8 Å². The number of carbonyl (C=O) groups excluding carboxylic acids is 2. The third-order valence-corrected chi connectivity index (χ3v) is 2.66. The molecule has 0 unspecified atom stereocenters. The van der Waals surface area contributed by atoms with Crippen LogP contribution in [0.15, 0.2) is 23.3 Å². The molecular weight excluding hydrogens is 188 g/mol. The van der Waals surface area contributed by atoms with Crippen LogP contribution in [0.2, 0.25) is 0 Å². The normalized spacial score (nSPS) is 20.0. The quantitative estimate of drug-likeness (QED) is 0.696. The van der Waals surface area contributed by atoms with Crippen LogP contribution in [-0.2, 0) is 9.59 Å². The van der Waals surface area contributed by atoms with Crippen LogP contribution in [0, 0.1) is 5.41 Å². The van der Waals surface area contributed by atoms with Gasteiger partial charge in [0.15, 0.2) is 11.6 Å². The third-order valence-electron chi connectivity index (χ3n) is 2.66. The maximum absolute atomic E-state index is 11.3. The zero-order valence-corrected chi connectivity index (χ0v) is 9.89. The summed E-state index contributed by atoms with van der Waals surface area (Å²) >= 11 is 0. The van der Waals surface area contributed by atoms with Crippen molar-refractivity contribution < 1.29 is 9.59 Å². The topological polar surface area (TPSA) is 34.1 Å². The second kappa shape index (κ2) is 4.13. The van der Waals surface area contributed by atoms with Gasteiger partial charge in [-0.25, -0.2) is 0 Å². The molecule has 0 bridgehead atoms. The van der Waals surface area contributed by atoms with Crippen LogP contribution in [-0.4, -0.2) is 11.6 Å². The molecule has 0 spiro atoms. The lowest BCUT2D eigenvalue weighted by Gasteiger charge is -2.15. The number of allylic oxidation sites excluding steroid dienone is 4. The summed E-state index contributed by atoms with van der Waals surface area (Å²) in [5.74, 6) is 0.225. The van der Waals surface area contributed by atoms with E-state index in [4.69, 9.17) is 0 Å². The van der Waals surface area contributed by atoms with Gasteiger partial charge in [-0.3, -0.25) is 9.59 Å². The lowest BCUT2D eigenvalue weighted by molar-refractivity contribution is -0.115. The van der Waals surface area contributed by atoms with E-state index in [0.29, 0.717) is 12.8 Å².